The van der Waals surface area contributed by atoms with Crippen LogP contribution in [0.5, 0.6) is 0 Å². The van der Waals surface area contributed by atoms with Crippen molar-refractivity contribution in [1.82, 2.24) is 9.55 Å². The number of rotatable bonds is 5. The maximum atomic E-state index is 13.6. The number of aliphatic hydroxyl groups is 2. The highest BCUT2D eigenvalue weighted by Gasteiger charge is 2.46. The molecular weight excluding hydrogens is 470 g/mol. The van der Waals surface area contributed by atoms with Crippen LogP contribution < -0.4 is 5.69 Å². The molecule has 2 fully saturated rings. The topological polar surface area (TPSA) is 129 Å². The third-order valence-corrected chi connectivity index (χ3v) is 6.99. The van der Waals surface area contributed by atoms with E-state index in [-0.39, 0.29) is 18.1 Å². The van der Waals surface area contributed by atoms with Crippen molar-refractivity contribution >= 4 is 19.4 Å². The van der Waals surface area contributed by atoms with Gasteiger partial charge in [-0.2, -0.15) is 4.98 Å². The summed E-state index contributed by atoms with van der Waals surface area (Å²) in [6.07, 6.45) is -4.44. The molecular formula is C19H21ClFN2O8P. The quantitative estimate of drug-likeness (QED) is 0.606. The summed E-state index contributed by atoms with van der Waals surface area (Å²) in [6, 6.07) is 5.29. The molecule has 0 aliphatic carbocycles. The minimum atomic E-state index is -4.11. The molecule has 174 valence electrons. The van der Waals surface area contributed by atoms with Gasteiger partial charge >= 0.3 is 13.5 Å². The first-order valence-electron chi connectivity index (χ1n) is 9.77. The second-order valence-electron chi connectivity index (χ2n) is 7.43. The van der Waals surface area contributed by atoms with E-state index < -0.39 is 56.6 Å². The van der Waals surface area contributed by atoms with Crippen molar-refractivity contribution in [1.29, 1.82) is 0 Å². The van der Waals surface area contributed by atoms with Crippen LogP contribution in [-0.4, -0.2) is 51.3 Å². The Labute approximate surface area is 187 Å². The molecule has 2 N–H and O–H groups in total. The summed E-state index contributed by atoms with van der Waals surface area (Å²) in [5.74, 6) is -0.529. The molecule has 0 radical (unpaired) electrons. The summed E-state index contributed by atoms with van der Waals surface area (Å²) >= 11 is 6.10. The van der Waals surface area contributed by atoms with Gasteiger partial charge in [0.15, 0.2) is 6.23 Å². The van der Waals surface area contributed by atoms with Gasteiger partial charge in [-0.05, 0) is 31.2 Å². The van der Waals surface area contributed by atoms with E-state index >= 15 is 0 Å². The Morgan fingerprint density at radius 1 is 1.34 bits per heavy atom. The maximum Gasteiger partial charge on any atom is 0.475 e. The van der Waals surface area contributed by atoms with Gasteiger partial charge in [-0.3, -0.25) is 18.1 Å². The molecule has 1 aromatic heterocycles. The molecule has 4 rings (SSSR count). The van der Waals surface area contributed by atoms with Gasteiger partial charge in [0.1, 0.15) is 24.1 Å². The Balaban J connectivity index is 1.44. The van der Waals surface area contributed by atoms with E-state index in [1.807, 2.05) is 0 Å². The van der Waals surface area contributed by atoms with Crippen molar-refractivity contribution < 1.29 is 37.5 Å². The fourth-order valence-corrected chi connectivity index (χ4v) is 5.13. The normalized spacial score (nSPS) is 32.8. The highest BCUT2D eigenvalue weighted by molar-refractivity contribution is 7.48. The van der Waals surface area contributed by atoms with Gasteiger partial charge in [0.2, 0.25) is 0 Å². The lowest BCUT2D eigenvalue weighted by molar-refractivity contribution is -0.0610. The fraction of sp³-hybridized carbons (Fsp3) is 0.474. The van der Waals surface area contributed by atoms with Crippen LogP contribution in [0.25, 0.3) is 0 Å². The molecule has 10 nitrogen and oxygen atoms in total. The summed E-state index contributed by atoms with van der Waals surface area (Å²) in [5, 5.41) is 20.9. The first-order valence-corrected chi connectivity index (χ1v) is 11.6. The minimum absolute atomic E-state index is 0.00144. The van der Waals surface area contributed by atoms with E-state index in [1.54, 1.807) is 13.0 Å². The number of phosphoric ester groups is 1. The Kier molecular flexibility index (Phi) is 6.81. The number of nitrogens with zero attached hydrogens (tertiary/aromatic N) is 2. The first-order chi connectivity index (χ1) is 15.2. The lowest BCUT2D eigenvalue weighted by Crippen LogP contribution is -2.36. The molecule has 13 heteroatoms. The molecule has 2 aliphatic rings. The third-order valence-electron chi connectivity index (χ3n) is 5.17. The van der Waals surface area contributed by atoms with Crippen LogP contribution in [0.3, 0.4) is 0 Å². The Morgan fingerprint density at radius 2 is 2.12 bits per heavy atom. The molecule has 32 heavy (non-hydrogen) atoms. The average Bonchev–Trinajstić information content (AvgIpc) is 3.02. The standard InChI is InChI=1S/C19H21ClFN2O8P/c1-10-4-6-23(19(26)22-10)18-17(25)16(24)15(30-18)9-29-32(27)28-7-5-14(31-32)12-8-11(21)2-3-13(12)20/h2-4,6,8,14-18,24-25H,5,7,9H2,1H3/t14-,15-,16-,17+,18-,32+/m1/s1. The zero-order valence-corrected chi connectivity index (χ0v) is 18.5. The molecule has 0 bridgehead atoms. The number of aryl methyl sites for hydroxylation is 1. The summed E-state index contributed by atoms with van der Waals surface area (Å²) < 4.78 is 49.1. The molecule has 3 heterocycles. The van der Waals surface area contributed by atoms with Crippen molar-refractivity contribution in [2.45, 2.75) is 44.0 Å². The van der Waals surface area contributed by atoms with Gasteiger partial charge in [-0.1, -0.05) is 11.6 Å². The van der Waals surface area contributed by atoms with Gasteiger partial charge in [-0.15, -0.1) is 0 Å². The smallest absolute Gasteiger partial charge is 0.387 e. The van der Waals surface area contributed by atoms with E-state index in [9.17, 15) is 24.0 Å². The second-order valence-corrected chi connectivity index (χ2v) is 9.46. The molecule has 1 aromatic carbocycles. The maximum absolute atomic E-state index is 13.6. The van der Waals surface area contributed by atoms with E-state index in [1.165, 1.54) is 24.4 Å². The monoisotopic (exact) mass is 490 g/mol. The number of hydrogen-bond donors (Lipinski definition) is 2. The molecule has 0 saturated carbocycles. The highest BCUT2D eigenvalue weighted by atomic mass is 35.5. The first kappa shape index (κ1) is 23.5. The second kappa shape index (κ2) is 9.28. The van der Waals surface area contributed by atoms with Gasteiger partial charge in [0.25, 0.3) is 0 Å². The number of hydrogen-bond acceptors (Lipinski definition) is 9. The number of aromatic nitrogens is 2. The van der Waals surface area contributed by atoms with Crippen molar-refractivity contribution in [2.24, 2.45) is 0 Å². The Morgan fingerprint density at radius 3 is 2.88 bits per heavy atom. The summed E-state index contributed by atoms with van der Waals surface area (Å²) in [5.41, 5.74) is 0.124. The zero-order chi connectivity index (χ0) is 23.0. The molecule has 2 saturated heterocycles. The zero-order valence-electron chi connectivity index (χ0n) is 16.8. The van der Waals surface area contributed by atoms with Gasteiger partial charge in [0.05, 0.1) is 19.3 Å². The number of phosphoric acid groups is 1. The molecule has 2 aliphatic heterocycles. The fourth-order valence-electron chi connectivity index (χ4n) is 3.50. The van der Waals surface area contributed by atoms with Crippen molar-refractivity contribution in [3.05, 3.63) is 63.0 Å². The number of ether oxygens (including phenoxy) is 1. The molecule has 0 amide bonds. The van der Waals surface area contributed by atoms with Crippen LogP contribution in [0.4, 0.5) is 4.39 Å². The van der Waals surface area contributed by atoms with Crippen LogP contribution in [-0.2, 0) is 22.9 Å². The van der Waals surface area contributed by atoms with Crippen LogP contribution in [0.1, 0.15) is 30.0 Å². The summed E-state index contributed by atoms with van der Waals surface area (Å²) in [4.78, 5) is 15.9. The summed E-state index contributed by atoms with van der Waals surface area (Å²) in [6.45, 7) is 1.16. The van der Waals surface area contributed by atoms with Crippen molar-refractivity contribution in [3.63, 3.8) is 0 Å². The van der Waals surface area contributed by atoms with E-state index in [4.69, 9.17) is 29.9 Å². The Bertz CT molecular complexity index is 1100. The molecule has 0 unspecified atom stereocenters. The van der Waals surface area contributed by atoms with E-state index in [0.29, 0.717) is 11.3 Å². The third kappa shape index (κ3) is 4.80. The van der Waals surface area contributed by atoms with Crippen molar-refractivity contribution in [2.75, 3.05) is 13.2 Å². The van der Waals surface area contributed by atoms with Crippen LogP contribution >= 0.6 is 19.4 Å². The largest absolute Gasteiger partial charge is 0.475 e. The van der Waals surface area contributed by atoms with Gasteiger partial charge < -0.3 is 14.9 Å². The van der Waals surface area contributed by atoms with Crippen LogP contribution in [0.15, 0.2) is 35.3 Å². The lowest BCUT2D eigenvalue weighted by atomic mass is 10.1. The van der Waals surface area contributed by atoms with Gasteiger partial charge in [0, 0.05) is 28.9 Å². The SMILES string of the molecule is Cc1ccn([C@@H]2O[C@H](CO[P@]3(=O)OCC[C@H](c4cc(F)ccc4Cl)O3)[C@@H](O)[C@@H]2O)c(=O)n1. The van der Waals surface area contributed by atoms with Crippen LogP contribution in [0, 0.1) is 12.7 Å². The highest BCUT2D eigenvalue weighted by Crippen LogP contribution is 2.57. The predicted octanol–water partition coefficient (Wildman–Crippen LogP) is 2.27. The van der Waals surface area contributed by atoms with Crippen molar-refractivity contribution in [3.8, 4) is 0 Å². The Hall–Kier alpha value is -1.69. The number of benzene rings is 1. The number of halogens is 2. The lowest BCUT2D eigenvalue weighted by Gasteiger charge is -2.30. The minimum Gasteiger partial charge on any atom is -0.387 e. The van der Waals surface area contributed by atoms with Crippen LogP contribution in [0.2, 0.25) is 5.02 Å². The molecule has 6 atom stereocenters. The van der Waals surface area contributed by atoms with E-state index in [0.717, 1.165) is 4.57 Å². The molecule has 2 aromatic rings. The van der Waals surface area contributed by atoms with Gasteiger partial charge in [-0.25, -0.2) is 13.8 Å². The van der Waals surface area contributed by atoms with E-state index in [2.05, 4.69) is 4.98 Å². The summed E-state index contributed by atoms with van der Waals surface area (Å²) in [7, 11) is -4.11. The predicted molar refractivity (Wildman–Crippen MR) is 109 cm³/mol. The molecule has 0 spiro atoms. The average molecular weight is 491 g/mol. The number of aliphatic hydroxyl groups excluding tert-OH is 2.